The average molecular weight is 321 g/mol. The molecule has 1 aromatic heterocycles. The van der Waals surface area contributed by atoms with E-state index >= 15 is 0 Å². The van der Waals surface area contributed by atoms with E-state index in [9.17, 15) is 18.7 Å². The lowest BCUT2D eigenvalue weighted by molar-refractivity contribution is -0.123. The van der Waals surface area contributed by atoms with Gasteiger partial charge in [-0.25, -0.2) is 13.8 Å². The van der Waals surface area contributed by atoms with Crippen LogP contribution in [0.15, 0.2) is 24.4 Å². The first-order chi connectivity index (χ1) is 10.9. The molecule has 5 nitrogen and oxygen atoms in total. The highest BCUT2D eigenvalue weighted by Crippen LogP contribution is 2.32. The monoisotopic (exact) mass is 321 g/mol. The molecule has 2 atom stereocenters. The second-order valence-electron chi connectivity index (χ2n) is 5.73. The molecule has 0 saturated heterocycles. The number of carbonyl (C=O) groups is 1. The SMILES string of the molecule is C[C@@H](O)C(=O)Nc1cn2c(n1)CCCC2c1cc(F)cc(F)c1. The predicted octanol–water partition coefficient (Wildman–Crippen LogP) is 2.41. The lowest BCUT2D eigenvalue weighted by Crippen LogP contribution is -2.24. The van der Waals surface area contributed by atoms with E-state index in [0.717, 1.165) is 31.2 Å². The third kappa shape index (κ3) is 3.24. The van der Waals surface area contributed by atoms with Crippen LogP contribution >= 0.6 is 0 Å². The van der Waals surface area contributed by atoms with Crippen molar-refractivity contribution in [1.82, 2.24) is 9.55 Å². The van der Waals surface area contributed by atoms with Gasteiger partial charge in [-0.3, -0.25) is 4.79 Å². The Hall–Kier alpha value is -2.28. The number of nitrogens with one attached hydrogen (secondary N) is 1. The largest absolute Gasteiger partial charge is 0.384 e. The number of benzene rings is 1. The highest BCUT2D eigenvalue weighted by atomic mass is 19.1. The summed E-state index contributed by atoms with van der Waals surface area (Å²) in [5, 5.41) is 11.8. The number of aliphatic hydroxyl groups excluding tert-OH is 1. The molecular weight excluding hydrogens is 304 g/mol. The lowest BCUT2D eigenvalue weighted by atomic mass is 9.97. The van der Waals surface area contributed by atoms with E-state index in [1.807, 2.05) is 4.57 Å². The van der Waals surface area contributed by atoms with Gasteiger partial charge in [-0.15, -0.1) is 0 Å². The van der Waals surface area contributed by atoms with Crippen LogP contribution in [0.1, 0.15) is 37.2 Å². The summed E-state index contributed by atoms with van der Waals surface area (Å²) in [6, 6.07) is 3.25. The third-order valence-corrected chi connectivity index (χ3v) is 3.92. The summed E-state index contributed by atoms with van der Waals surface area (Å²) in [6.45, 7) is 1.36. The molecule has 2 aromatic rings. The zero-order valence-corrected chi connectivity index (χ0v) is 12.6. The van der Waals surface area contributed by atoms with Gasteiger partial charge >= 0.3 is 0 Å². The van der Waals surface area contributed by atoms with Gasteiger partial charge in [-0.05, 0) is 37.5 Å². The van der Waals surface area contributed by atoms with Crippen molar-refractivity contribution >= 4 is 11.7 Å². The van der Waals surface area contributed by atoms with Crippen LogP contribution in [-0.4, -0.2) is 26.7 Å². The van der Waals surface area contributed by atoms with E-state index in [1.54, 1.807) is 6.20 Å². The Bertz CT molecular complexity index is 723. The number of nitrogens with zero attached hydrogens (tertiary/aromatic N) is 2. The Morgan fingerprint density at radius 3 is 2.74 bits per heavy atom. The number of hydrogen-bond acceptors (Lipinski definition) is 3. The maximum absolute atomic E-state index is 13.5. The molecule has 0 radical (unpaired) electrons. The van der Waals surface area contributed by atoms with Gasteiger partial charge in [0.25, 0.3) is 5.91 Å². The number of fused-ring (bicyclic) bond motifs is 1. The van der Waals surface area contributed by atoms with Crippen molar-refractivity contribution in [3.05, 3.63) is 47.4 Å². The number of hydrogen-bond donors (Lipinski definition) is 2. The van der Waals surface area contributed by atoms with Gasteiger partial charge < -0.3 is 15.0 Å². The van der Waals surface area contributed by atoms with Crippen LogP contribution in [-0.2, 0) is 11.2 Å². The van der Waals surface area contributed by atoms with Crippen molar-refractivity contribution in [1.29, 1.82) is 0 Å². The molecule has 0 bridgehead atoms. The molecule has 23 heavy (non-hydrogen) atoms. The van der Waals surface area contributed by atoms with E-state index in [2.05, 4.69) is 10.3 Å². The van der Waals surface area contributed by atoms with Crippen LogP contribution in [0.2, 0.25) is 0 Å². The fourth-order valence-electron chi connectivity index (χ4n) is 2.87. The zero-order chi connectivity index (χ0) is 16.6. The highest BCUT2D eigenvalue weighted by Gasteiger charge is 2.24. The van der Waals surface area contributed by atoms with Gasteiger partial charge in [0, 0.05) is 18.7 Å². The molecule has 0 saturated carbocycles. The van der Waals surface area contributed by atoms with Crippen LogP contribution in [0, 0.1) is 11.6 Å². The fraction of sp³-hybridized carbons (Fsp3) is 0.375. The number of anilines is 1. The van der Waals surface area contributed by atoms with Crippen LogP contribution in [0.5, 0.6) is 0 Å². The molecule has 7 heteroatoms. The van der Waals surface area contributed by atoms with Crippen LogP contribution in [0.25, 0.3) is 0 Å². The van der Waals surface area contributed by atoms with E-state index in [-0.39, 0.29) is 6.04 Å². The second kappa shape index (κ2) is 6.08. The van der Waals surface area contributed by atoms with Gasteiger partial charge in [-0.2, -0.15) is 0 Å². The molecule has 0 spiro atoms. The number of rotatable bonds is 3. The Morgan fingerprint density at radius 2 is 2.09 bits per heavy atom. The molecular formula is C16H17F2N3O2. The minimum atomic E-state index is -1.14. The topological polar surface area (TPSA) is 67.2 Å². The molecule has 2 heterocycles. The molecule has 0 fully saturated rings. The predicted molar refractivity (Wildman–Crippen MR) is 80.0 cm³/mol. The number of aryl methyl sites for hydroxylation is 1. The van der Waals surface area contributed by atoms with Crippen molar-refractivity contribution in [2.75, 3.05) is 5.32 Å². The Kier molecular flexibility index (Phi) is 4.12. The molecule has 2 N–H and O–H groups in total. The fourth-order valence-corrected chi connectivity index (χ4v) is 2.87. The van der Waals surface area contributed by atoms with Crippen molar-refractivity contribution in [3.63, 3.8) is 0 Å². The van der Waals surface area contributed by atoms with Gasteiger partial charge in [0.05, 0.1) is 6.04 Å². The first kappa shape index (κ1) is 15.6. The first-order valence-corrected chi connectivity index (χ1v) is 7.46. The molecule has 1 aromatic carbocycles. The zero-order valence-electron chi connectivity index (χ0n) is 12.6. The molecule has 122 valence electrons. The maximum atomic E-state index is 13.5. The van der Waals surface area contributed by atoms with Crippen LogP contribution < -0.4 is 5.32 Å². The van der Waals surface area contributed by atoms with Gasteiger partial charge in [-0.1, -0.05) is 0 Å². The van der Waals surface area contributed by atoms with Gasteiger partial charge in [0.1, 0.15) is 23.6 Å². The molecule has 0 aliphatic carbocycles. The van der Waals surface area contributed by atoms with E-state index in [4.69, 9.17) is 0 Å². The Balaban J connectivity index is 1.93. The Morgan fingerprint density at radius 1 is 1.39 bits per heavy atom. The summed E-state index contributed by atoms with van der Waals surface area (Å²) < 4.78 is 28.8. The number of aliphatic hydroxyl groups is 1. The molecule has 3 rings (SSSR count). The Labute approximate surface area is 132 Å². The molecule has 1 unspecified atom stereocenters. The maximum Gasteiger partial charge on any atom is 0.254 e. The van der Waals surface area contributed by atoms with Crippen molar-refractivity contribution in [2.45, 2.75) is 38.3 Å². The smallest absolute Gasteiger partial charge is 0.254 e. The average Bonchev–Trinajstić information content (AvgIpc) is 2.88. The van der Waals surface area contributed by atoms with Gasteiger partial charge in [0.15, 0.2) is 5.82 Å². The number of amides is 1. The van der Waals surface area contributed by atoms with Gasteiger partial charge in [0.2, 0.25) is 0 Å². The minimum Gasteiger partial charge on any atom is -0.384 e. The van der Waals surface area contributed by atoms with Crippen molar-refractivity contribution in [2.24, 2.45) is 0 Å². The second-order valence-corrected chi connectivity index (χ2v) is 5.73. The van der Waals surface area contributed by atoms with E-state index in [1.165, 1.54) is 19.1 Å². The molecule has 1 amide bonds. The summed E-state index contributed by atoms with van der Waals surface area (Å²) in [4.78, 5) is 15.9. The van der Waals surface area contributed by atoms with E-state index < -0.39 is 23.6 Å². The van der Waals surface area contributed by atoms with Crippen LogP contribution in [0.3, 0.4) is 0 Å². The molecule has 1 aliphatic rings. The third-order valence-electron chi connectivity index (χ3n) is 3.92. The number of halogens is 2. The summed E-state index contributed by atoms with van der Waals surface area (Å²) in [6.07, 6.45) is 2.79. The summed E-state index contributed by atoms with van der Waals surface area (Å²) >= 11 is 0. The summed E-state index contributed by atoms with van der Waals surface area (Å²) in [5.41, 5.74) is 0.536. The number of carbonyl (C=O) groups excluding carboxylic acids is 1. The van der Waals surface area contributed by atoms with E-state index in [0.29, 0.717) is 11.4 Å². The highest BCUT2D eigenvalue weighted by molar-refractivity contribution is 5.92. The summed E-state index contributed by atoms with van der Waals surface area (Å²) in [7, 11) is 0. The molecule has 1 aliphatic heterocycles. The quantitative estimate of drug-likeness (QED) is 0.912. The number of aromatic nitrogens is 2. The van der Waals surface area contributed by atoms with Crippen LogP contribution in [0.4, 0.5) is 14.6 Å². The normalized spacial score (nSPS) is 18.3. The minimum absolute atomic E-state index is 0.228. The first-order valence-electron chi connectivity index (χ1n) is 7.46. The number of imidazole rings is 1. The standard InChI is InChI=1S/C16H17F2N3O2/c1-9(22)16(23)20-14-8-21-13(3-2-4-15(21)19-14)10-5-11(17)7-12(18)6-10/h5-9,13,22H,2-4H2,1H3,(H,20,23)/t9-,13?/m1/s1. The van der Waals surface area contributed by atoms with Crippen molar-refractivity contribution < 1.29 is 18.7 Å². The van der Waals surface area contributed by atoms with Crippen molar-refractivity contribution in [3.8, 4) is 0 Å². The summed E-state index contributed by atoms with van der Waals surface area (Å²) in [5.74, 6) is -0.708. The lowest BCUT2D eigenvalue weighted by Gasteiger charge is -2.25.